The highest BCUT2D eigenvalue weighted by Gasteiger charge is 2.18. The molecule has 0 bridgehead atoms. The molecular weight excluding hydrogens is 685 g/mol. The highest BCUT2D eigenvalue weighted by atomic mass is 16.3. The minimum Gasteiger partial charge on any atom is -0.455 e. The van der Waals surface area contributed by atoms with Gasteiger partial charge in [0.05, 0.1) is 0 Å². The molecule has 1 heterocycles. The molecule has 0 aliphatic carbocycles. The van der Waals surface area contributed by atoms with Gasteiger partial charge in [0.1, 0.15) is 50.4 Å². The number of anilines is 3. The summed E-state index contributed by atoms with van der Waals surface area (Å²) >= 11 is 0. The molecule has 0 radical (unpaired) electrons. The second-order valence-electron chi connectivity index (χ2n) is 15.5. The maximum Gasteiger partial charge on any atom is 0.143 e. The quantitative estimate of drug-likeness (QED) is 0.163. The van der Waals surface area contributed by atoms with Gasteiger partial charge in [-0.15, -0.1) is 16.4 Å². The number of benzene rings is 9. The fourth-order valence-corrected chi connectivity index (χ4v) is 8.92. The van der Waals surface area contributed by atoms with Gasteiger partial charge in [-0.3, -0.25) is 0 Å². The van der Waals surface area contributed by atoms with E-state index in [1.165, 1.54) is 60.0 Å². The smallest absolute Gasteiger partial charge is 0.143 e. The van der Waals surface area contributed by atoms with Crippen LogP contribution in [0.3, 0.4) is 0 Å². The van der Waals surface area contributed by atoms with Crippen LogP contribution in [0.1, 0.15) is 0 Å². The lowest BCUT2D eigenvalue weighted by atomic mass is 9.60. The van der Waals surface area contributed by atoms with Gasteiger partial charge in [0.25, 0.3) is 0 Å². The first kappa shape index (κ1) is 34.9. The van der Waals surface area contributed by atoms with Gasteiger partial charge < -0.3 is 9.32 Å². The number of nitrogens with zero attached hydrogens (tertiary/aromatic N) is 1. The Balaban J connectivity index is 1.06. The van der Waals surface area contributed by atoms with Crippen molar-refractivity contribution in [1.82, 2.24) is 0 Å². The summed E-state index contributed by atoms with van der Waals surface area (Å²) in [5.74, 6) is 0. The van der Waals surface area contributed by atoms with E-state index in [1.54, 1.807) is 0 Å². The highest BCUT2D eigenvalue weighted by Crippen LogP contribution is 2.41. The standard InChI is InChI=1S/C50H38B5NO/c51-45-44(46(52)48(54)49(55)47(45)53)32-17-22-36(23-18-32)56(37-24-25-39-34(27-37)14-13-31-9-4-5-10-38(31)39)35-20-15-29(16-21-35)33-19-26-43-42(28-33)41-12-6-11-40(50(41)57-43)30-7-2-1-3-8-30/h1-28H,51-55H2. The summed E-state index contributed by atoms with van der Waals surface area (Å²) < 4.78 is 6.49. The molecule has 0 amide bonds. The second-order valence-corrected chi connectivity index (χ2v) is 15.5. The maximum atomic E-state index is 6.49. The second kappa shape index (κ2) is 13.9. The van der Waals surface area contributed by atoms with E-state index in [2.05, 4.69) is 208 Å². The largest absolute Gasteiger partial charge is 0.455 e. The Morgan fingerprint density at radius 2 is 0.930 bits per heavy atom. The molecule has 1 aromatic heterocycles. The van der Waals surface area contributed by atoms with E-state index in [1.807, 2.05) is 6.07 Å². The minimum absolute atomic E-state index is 0.897. The fourth-order valence-electron chi connectivity index (χ4n) is 8.92. The normalized spacial score (nSPS) is 11.5. The third-order valence-electron chi connectivity index (χ3n) is 12.4. The number of fused-ring (bicyclic) bond motifs is 6. The fraction of sp³-hybridized carbons (Fsp3) is 0. The predicted molar refractivity (Wildman–Crippen MR) is 261 cm³/mol. The Kier molecular flexibility index (Phi) is 8.49. The van der Waals surface area contributed by atoms with E-state index in [0.29, 0.717) is 0 Å². The van der Waals surface area contributed by atoms with Crippen LogP contribution >= 0.6 is 0 Å². The third-order valence-corrected chi connectivity index (χ3v) is 12.4. The summed E-state index contributed by atoms with van der Waals surface area (Å²) in [5, 5.41) is 7.26. The first-order valence-electron chi connectivity index (χ1n) is 19.8. The van der Waals surface area contributed by atoms with Gasteiger partial charge in [0, 0.05) is 33.4 Å². The highest BCUT2D eigenvalue weighted by molar-refractivity contribution is 6.68. The van der Waals surface area contributed by atoms with Crippen LogP contribution in [0.2, 0.25) is 0 Å². The molecule has 7 heteroatoms. The van der Waals surface area contributed by atoms with Crippen LogP contribution in [-0.2, 0) is 0 Å². The summed E-state index contributed by atoms with van der Waals surface area (Å²) in [5.41, 5.74) is 19.2. The van der Waals surface area contributed by atoms with Crippen molar-refractivity contribution in [3.8, 4) is 33.4 Å². The average Bonchev–Trinajstić information content (AvgIpc) is 3.64. The molecule has 0 aliphatic rings. The van der Waals surface area contributed by atoms with Crippen molar-refractivity contribution < 1.29 is 4.42 Å². The molecule has 0 aliphatic heterocycles. The molecule has 0 atom stereocenters. The molecule has 0 saturated heterocycles. The van der Waals surface area contributed by atoms with Crippen LogP contribution < -0.4 is 32.2 Å². The molecule has 10 aromatic rings. The predicted octanol–water partition coefficient (Wildman–Crippen LogP) is 5.66. The summed E-state index contributed by atoms with van der Waals surface area (Å²) in [6, 6.07) is 61.6. The van der Waals surface area contributed by atoms with Gasteiger partial charge in [0.15, 0.2) is 0 Å². The number of hydrogen-bond acceptors (Lipinski definition) is 2. The van der Waals surface area contributed by atoms with E-state index in [0.717, 1.165) is 61.3 Å². The van der Waals surface area contributed by atoms with Gasteiger partial charge in [0.2, 0.25) is 0 Å². The van der Waals surface area contributed by atoms with Crippen LogP contribution in [0, 0.1) is 0 Å². The van der Waals surface area contributed by atoms with Crippen molar-refractivity contribution in [3.63, 3.8) is 0 Å². The number of para-hydroxylation sites is 1. The monoisotopic (exact) mass is 723 g/mol. The van der Waals surface area contributed by atoms with Crippen molar-refractivity contribution in [3.05, 3.63) is 170 Å². The molecule has 10 rings (SSSR count). The first-order chi connectivity index (χ1) is 27.8. The van der Waals surface area contributed by atoms with Gasteiger partial charge in [-0.25, -0.2) is 0 Å². The Morgan fingerprint density at radius 1 is 0.351 bits per heavy atom. The third kappa shape index (κ3) is 5.89. The summed E-state index contributed by atoms with van der Waals surface area (Å²) in [6.45, 7) is 0. The SMILES string of the molecule is Bc1c(B)c(B)c(-c2ccc(N(c3ccc(-c4ccc5oc6c(-c7ccccc7)cccc6c5c4)cc3)c3ccc4c(ccc5ccccc54)c3)cc2)c(B)c1B. The molecule has 9 aromatic carbocycles. The van der Waals surface area contributed by atoms with Gasteiger partial charge >= 0.3 is 0 Å². The maximum absolute atomic E-state index is 6.49. The lowest BCUT2D eigenvalue weighted by Gasteiger charge is -2.27. The number of hydrogen-bond donors (Lipinski definition) is 0. The van der Waals surface area contributed by atoms with Crippen LogP contribution in [0.5, 0.6) is 0 Å². The molecule has 57 heavy (non-hydrogen) atoms. The van der Waals surface area contributed by atoms with Crippen molar-refractivity contribution in [1.29, 1.82) is 0 Å². The van der Waals surface area contributed by atoms with Gasteiger partial charge in [-0.05, 0) is 97.9 Å². The zero-order valence-corrected chi connectivity index (χ0v) is 33.0. The van der Waals surface area contributed by atoms with Crippen molar-refractivity contribution in [2.24, 2.45) is 0 Å². The molecule has 0 fully saturated rings. The number of furan rings is 1. The molecule has 0 unspecified atom stereocenters. The molecule has 264 valence electrons. The molecule has 0 spiro atoms. The van der Waals surface area contributed by atoms with Crippen molar-refractivity contribution in [2.75, 3.05) is 4.90 Å². The van der Waals surface area contributed by atoms with E-state index < -0.39 is 0 Å². The van der Waals surface area contributed by atoms with E-state index >= 15 is 0 Å². The zero-order chi connectivity index (χ0) is 38.8. The van der Waals surface area contributed by atoms with Crippen LogP contribution in [0.15, 0.2) is 174 Å². The zero-order valence-electron chi connectivity index (χ0n) is 33.0. The van der Waals surface area contributed by atoms with Gasteiger partial charge in [-0.2, -0.15) is 0 Å². The lowest BCUT2D eigenvalue weighted by Crippen LogP contribution is -2.55. The Morgan fingerprint density at radius 3 is 1.67 bits per heavy atom. The first-order valence-corrected chi connectivity index (χ1v) is 19.8. The Bertz CT molecular complexity index is 3150. The molecule has 2 nitrogen and oxygen atoms in total. The molecular formula is C50H38B5NO. The summed E-state index contributed by atoms with van der Waals surface area (Å²) in [7, 11) is 11.3. The Hall–Kier alpha value is -6.58. The van der Waals surface area contributed by atoms with E-state index in [9.17, 15) is 0 Å². The average molecular weight is 723 g/mol. The molecule has 0 saturated carbocycles. The Labute approximate surface area is 338 Å². The van der Waals surface area contributed by atoms with Crippen LogP contribution in [0.4, 0.5) is 17.1 Å². The van der Waals surface area contributed by atoms with Crippen LogP contribution in [-0.4, -0.2) is 39.2 Å². The lowest BCUT2D eigenvalue weighted by molar-refractivity contribution is 0.670. The topological polar surface area (TPSA) is 16.4 Å². The van der Waals surface area contributed by atoms with E-state index in [-0.39, 0.29) is 0 Å². The number of rotatable bonds is 6. The summed E-state index contributed by atoms with van der Waals surface area (Å²) in [4.78, 5) is 2.38. The van der Waals surface area contributed by atoms with E-state index in [4.69, 9.17) is 4.42 Å². The van der Waals surface area contributed by atoms with Crippen molar-refractivity contribution in [2.45, 2.75) is 0 Å². The van der Waals surface area contributed by atoms with Gasteiger partial charge in [-0.1, -0.05) is 132 Å². The summed E-state index contributed by atoms with van der Waals surface area (Å²) in [6.07, 6.45) is 0. The molecule has 0 N–H and O–H groups in total. The minimum atomic E-state index is 0.897. The van der Waals surface area contributed by atoms with Crippen molar-refractivity contribution >= 4 is 127 Å². The van der Waals surface area contributed by atoms with Crippen LogP contribution in [0.25, 0.3) is 76.9 Å².